The number of likely N-dealkylation sites (tertiary alicyclic amines) is 1. The summed E-state index contributed by atoms with van der Waals surface area (Å²) in [6.07, 6.45) is 2.19. The lowest BCUT2D eigenvalue weighted by Crippen LogP contribution is -2.44. The summed E-state index contributed by atoms with van der Waals surface area (Å²) < 4.78 is 23.7. The lowest BCUT2D eigenvalue weighted by molar-refractivity contribution is -0.119. The summed E-state index contributed by atoms with van der Waals surface area (Å²) in [6, 6.07) is 6.15. The van der Waals surface area contributed by atoms with Gasteiger partial charge in [0.2, 0.25) is 5.91 Å². The maximum absolute atomic E-state index is 12.6. The fourth-order valence-electron chi connectivity index (χ4n) is 3.44. The monoisotopic (exact) mass is 350 g/mol. The van der Waals surface area contributed by atoms with Crippen LogP contribution in [0.3, 0.4) is 0 Å². The zero-order valence-corrected chi connectivity index (χ0v) is 14.6. The molecule has 0 aliphatic carbocycles. The zero-order valence-electron chi connectivity index (χ0n) is 13.7. The first-order valence-corrected chi connectivity index (χ1v) is 9.89. The highest BCUT2D eigenvalue weighted by molar-refractivity contribution is 7.91. The molecule has 2 aliphatic rings. The van der Waals surface area contributed by atoms with Crippen LogP contribution in [0.5, 0.6) is 0 Å². The molecule has 2 saturated heterocycles. The molecule has 1 aromatic carbocycles. The molecule has 7 heteroatoms. The van der Waals surface area contributed by atoms with Crippen LogP contribution >= 0.6 is 0 Å². The van der Waals surface area contributed by atoms with Gasteiger partial charge >= 0.3 is 0 Å². The molecule has 1 aromatic rings. The molecule has 0 aromatic heterocycles. The highest BCUT2D eigenvalue weighted by atomic mass is 32.2. The number of piperidine rings is 1. The van der Waals surface area contributed by atoms with Gasteiger partial charge in [-0.2, -0.15) is 0 Å². The van der Waals surface area contributed by atoms with Crippen LogP contribution in [0.1, 0.15) is 36.5 Å². The maximum atomic E-state index is 12.6. The molecule has 0 radical (unpaired) electrons. The van der Waals surface area contributed by atoms with Crippen molar-refractivity contribution in [1.82, 2.24) is 10.2 Å². The van der Waals surface area contributed by atoms with Gasteiger partial charge in [0.05, 0.1) is 10.6 Å². The van der Waals surface area contributed by atoms with Crippen LogP contribution in [0.2, 0.25) is 0 Å². The molecule has 130 valence electrons. The van der Waals surface area contributed by atoms with Crippen molar-refractivity contribution < 1.29 is 18.0 Å². The average molecular weight is 350 g/mol. The predicted molar refractivity (Wildman–Crippen MR) is 89.4 cm³/mol. The second-order valence-electron chi connectivity index (χ2n) is 6.67. The highest BCUT2D eigenvalue weighted by Crippen LogP contribution is 2.37. The van der Waals surface area contributed by atoms with Crippen LogP contribution in [-0.4, -0.2) is 50.5 Å². The van der Waals surface area contributed by atoms with Crippen molar-refractivity contribution in [1.29, 1.82) is 0 Å². The van der Waals surface area contributed by atoms with E-state index in [-0.39, 0.29) is 27.9 Å². The quantitative estimate of drug-likeness (QED) is 0.888. The third-order valence-electron chi connectivity index (χ3n) is 5.15. The van der Waals surface area contributed by atoms with Gasteiger partial charge in [0.15, 0.2) is 9.84 Å². The molecule has 1 spiro atoms. The Hall–Kier alpha value is -1.89. The van der Waals surface area contributed by atoms with E-state index in [1.807, 2.05) is 0 Å². The van der Waals surface area contributed by atoms with Crippen molar-refractivity contribution in [2.24, 2.45) is 5.41 Å². The smallest absolute Gasteiger partial charge is 0.253 e. The molecule has 3 rings (SSSR count). The Morgan fingerprint density at radius 3 is 2.33 bits per heavy atom. The number of benzene rings is 1. The average Bonchev–Trinajstić information content (AvgIpc) is 2.95. The van der Waals surface area contributed by atoms with Crippen molar-refractivity contribution in [2.45, 2.75) is 31.1 Å². The van der Waals surface area contributed by atoms with Crippen LogP contribution in [0.4, 0.5) is 0 Å². The van der Waals surface area contributed by atoms with Crippen LogP contribution in [-0.2, 0) is 14.6 Å². The number of amides is 2. The third-order valence-corrected chi connectivity index (χ3v) is 6.90. The van der Waals surface area contributed by atoms with Gasteiger partial charge in [0.1, 0.15) is 0 Å². The SMILES string of the molecule is CCS(=O)(=O)c1ccc(C(=O)N2CCC3(CC2)CNC(=O)C3)cc1. The minimum Gasteiger partial charge on any atom is -0.356 e. The van der Waals surface area contributed by atoms with E-state index in [1.165, 1.54) is 12.1 Å². The van der Waals surface area contributed by atoms with E-state index in [0.717, 1.165) is 12.8 Å². The minimum atomic E-state index is -3.25. The first kappa shape index (κ1) is 17.0. The van der Waals surface area contributed by atoms with E-state index in [2.05, 4.69) is 5.32 Å². The van der Waals surface area contributed by atoms with Crippen LogP contribution in [0.15, 0.2) is 29.2 Å². The molecular formula is C17H22N2O4S. The molecule has 24 heavy (non-hydrogen) atoms. The number of hydrogen-bond donors (Lipinski definition) is 1. The van der Waals surface area contributed by atoms with E-state index in [1.54, 1.807) is 24.0 Å². The largest absolute Gasteiger partial charge is 0.356 e. The van der Waals surface area contributed by atoms with Crippen molar-refractivity contribution in [3.8, 4) is 0 Å². The van der Waals surface area contributed by atoms with Crippen molar-refractivity contribution in [3.63, 3.8) is 0 Å². The first-order chi connectivity index (χ1) is 11.4. The summed E-state index contributed by atoms with van der Waals surface area (Å²) in [4.78, 5) is 26.1. The Balaban J connectivity index is 1.66. The van der Waals surface area contributed by atoms with E-state index < -0.39 is 9.84 Å². The molecule has 0 atom stereocenters. The van der Waals surface area contributed by atoms with E-state index >= 15 is 0 Å². The summed E-state index contributed by atoms with van der Waals surface area (Å²) in [6.45, 7) is 3.56. The van der Waals surface area contributed by atoms with Gasteiger partial charge in [0, 0.05) is 31.6 Å². The Morgan fingerprint density at radius 1 is 1.21 bits per heavy atom. The summed E-state index contributed by atoms with van der Waals surface area (Å²) >= 11 is 0. The van der Waals surface area contributed by atoms with E-state index in [4.69, 9.17) is 0 Å². The third kappa shape index (κ3) is 3.17. The molecule has 0 bridgehead atoms. The molecular weight excluding hydrogens is 328 g/mol. The fraction of sp³-hybridized carbons (Fsp3) is 0.529. The lowest BCUT2D eigenvalue weighted by Gasteiger charge is -2.38. The Bertz CT molecular complexity index is 747. The Labute approximate surface area is 142 Å². The number of carbonyl (C=O) groups excluding carboxylic acids is 2. The number of nitrogens with zero attached hydrogens (tertiary/aromatic N) is 1. The van der Waals surface area contributed by atoms with Gasteiger partial charge in [-0.3, -0.25) is 9.59 Å². The van der Waals surface area contributed by atoms with Crippen molar-refractivity contribution in [2.75, 3.05) is 25.4 Å². The summed E-state index contributed by atoms with van der Waals surface area (Å²) in [5, 5.41) is 2.88. The lowest BCUT2D eigenvalue weighted by atomic mass is 9.77. The van der Waals surface area contributed by atoms with Gasteiger partial charge in [-0.15, -0.1) is 0 Å². The second-order valence-corrected chi connectivity index (χ2v) is 8.95. The van der Waals surface area contributed by atoms with Gasteiger partial charge in [-0.05, 0) is 42.5 Å². The van der Waals surface area contributed by atoms with Crippen molar-refractivity contribution in [3.05, 3.63) is 29.8 Å². The maximum Gasteiger partial charge on any atom is 0.253 e. The highest BCUT2D eigenvalue weighted by Gasteiger charge is 2.41. The normalized spacial score (nSPS) is 20.2. The van der Waals surface area contributed by atoms with Gasteiger partial charge in [0.25, 0.3) is 5.91 Å². The van der Waals surface area contributed by atoms with Gasteiger partial charge < -0.3 is 10.2 Å². The molecule has 2 amide bonds. The molecule has 0 unspecified atom stereocenters. The summed E-state index contributed by atoms with van der Waals surface area (Å²) in [5.41, 5.74) is 0.508. The summed E-state index contributed by atoms with van der Waals surface area (Å²) in [7, 11) is -3.25. The van der Waals surface area contributed by atoms with E-state index in [0.29, 0.717) is 31.6 Å². The van der Waals surface area contributed by atoms with Crippen molar-refractivity contribution >= 4 is 21.7 Å². The number of sulfone groups is 1. The molecule has 1 N–H and O–H groups in total. The van der Waals surface area contributed by atoms with Gasteiger partial charge in [-0.25, -0.2) is 8.42 Å². The molecule has 2 heterocycles. The number of rotatable bonds is 3. The topological polar surface area (TPSA) is 83.6 Å². The number of hydrogen-bond acceptors (Lipinski definition) is 4. The van der Waals surface area contributed by atoms with Crippen LogP contribution < -0.4 is 5.32 Å². The second kappa shape index (κ2) is 6.20. The minimum absolute atomic E-state index is 0.00687. The zero-order chi connectivity index (χ0) is 17.4. The van der Waals surface area contributed by atoms with E-state index in [9.17, 15) is 18.0 Å². The van der Waals surface area contributed by atoms with Gasteiger partial charge in [-0.1, -0.05) is 6.92 Å². The molecule has 2 fully saturated rings. The Kier molecular flexibility index (Phi) is 4.38. The molecule has 0 saturated carbocycles. The summed E-state index contributed by atoms with van der Waals surface area (Å²) in [5.74, 6) is 0.0615. The fourth-order valence-corrected chi connectivity index (χ4v) is 4.33. The van der Waals surface area contributed by atoms with Crippen LogP contribution in [0.25, 0.3) is 0 Å². The standard InChI is InChI=1S/C17H22N2O4S/c1-2-24(22,23)14-5-3-13(4-6-14)16(21)19-9-7-17(8-10-19)11-15(20)18-12-17/h3-6H,2,7-12H2,1H3,(H,18,20). The first-order valence-electron chi connectivity index (χ1n) is 8.24. The molecule has 6 nitrogen and oxygen atoms in total. The molecule has 2 aliphatic heterocycles. The number of carbonyl (C=O) groups is 2. The predicted octanol–water partition coefficient (Wildman–Crippen LogP) is 1.22. The van der Waals surface area contributed by atoms with Crippen LogP contribution in [0, 0.1) is 5.41 Å². The number of nitrogens with one attached hydrogen (secondary N) is 1. The Morgan fingerprint density at radius 2 is 1.83 bits per heavy atom.